The Bertz CT molecular complexity index is 473. The Labute approximate surface area is 108 Å². The minimum atomic E-state index is -3.37. The van der Waals surface area contributed by atoms with Gasteiger partial charge in [0.2, 0.25) is 10.0 Å². The molecule has 18 heavy (non-hydrogen) atoms. The summed E-state index contributed by atoms with van der Waals surface area (Å²) in [6.07, 6.45) is 0.453. The smallest absolute Gasteiger partial charge is 0.235 e. The Morgan fingerprint density at radius 2 is 2.11 bits per heavy atom. The number of ether oxygens (including phenoxy) is 1. The zero-order valence-corrected chi connectivity index (χ0v) is 11.5. The fraction of sp³-hybridized carbons (Fsp3) is 0.500. The van der Waals surface area contributed by atoms with Crippen LogP contribution in [0.3, 0.4) is 0 Å². The van der Waals surface area contributed by atoms with Gasteiger partial charge in [-0.25, -0.2) is 8.42 Å². The standard InChI is InChI=1S/C12H19NO4S/c1-3-13(11-6-4-7-12(14)10-11)18(15,16)9-5-8-17-2/h4,6-7,10,14H,3,5,8-9H2,1-2H3. The maximum Gasteiger partial charge on any atom is 0.235 e. The van der Waals surface area contributed by atoms with Crippen molar-refractivity contribution in [3.05, 3.63) is 24.3 Å². The van der Waals surface area contributed by atoms with E-state index in [1.807, 2.05) is 0 Å². The topological polar surface area (TPSA) is 66.8 Å². The van der Waals surface area contributed by atoms with Gasteiger partial charge in [0, 0.05) is 26.3 Å². The van der Waals surface area contributed by atoms with Crippen LogP contribution in [0.15, 0.2) is 24.3 Å². The number of aromatic hydroxyl groups is 1. The Morgan fingerprint density at radius 1 is 1.39 bits per heavy atom. The Hall–Kier alpha value is -1.27. The van der Waals surface area contributed by atoms with Crippen molar-refractivity contribution >= 4 is 15.7 Å². The fourth-order valence-electron chi connectivity index (χ4n) is 1.68. The molecule has 0 atom stereocenters. The number of phenolic OH excluding ortho intramolecular Hbond substituents is 1. The summed E-state index contributed by atoms with van der Waals surface area (Å²) in [4.78, 5) is 0. The van der Waals surface area contributed by atoms with E-state index in [1.165, 1.54) is 16.4 Å². The molecule has 0 fully saturated rings. The highest BCUT2D eigenvalue weighted by atomic mass is 32.2. The van der Waals surface area contributed by atoms with E-state index in [0.717, 1.165) is 0 Å². The van der Waals surface area contributed by atoms with E-state index in [-0.39, 0.29) is 11.5 Å². The van der Waals surface area contributed by atoms with Crippen molar-refractivity contribution in [1.29, 1.82) is 0 Å². The van der Waals surface area contributed by atoms with Crippen LogP contribution in [0.2, 0.25) is 0 Å². The summed E-state index contributed by atoms with van der Waals surface area (Å²) >= 11 is 0. The fourth-order valence-corrected chi connectivity index (χ4v) is 3.22. The third-order valence-electron chi connectivity index (χ3n) is 2.49. The average molecular weight is 273 g/mol. The molecule has 0 amide bonds. The lowest BCUT2D eigenvalue weighted by atomic mass is 10.3. The Balaban J connectivity index is 2.88. The van der Waals surface area contributed by atoms with Crippen molar-refractivity contribution in [2.24, 2.45) is 0 Å². The molecule has 0 radical (unpaired) electrons. The zero-order valence-electron chi connectivity index (χ0n) is 10.7. The number of hydrogen-bond donors (Lipinski definition) is 1. The third kappa shape index (κ3) is 3.89. The number of anilines is 1. The molecule has 0 aromatic heterocycles. The van der Waals surface area contributed by atoms with E-state index >= 15 is 0 Å². The van der Waals surface area contributed by atoms with Crippen molar-refractivity contribution in [3.8, 4) is 5.75 Å². The molecule has 5 nitrogen and oxygen atoms in total. The molecule has 0 aliphatic rings. The molecule has 0 unspecified atom stereocenters. The van der Waals surface area contributed by atoms with Gasteiger partial charge in [-0.2, -0.15) is 0 Å². The molecule has 102 valence electrons. The van der Waals surface area contributed by atoms with Gasteiger partial charge < -0.3 is 9.84 Å². The first-order chi connectivity index (χ1) is 8.51. The molecule has 1 rings (SSSR count). The van der Waals surface area contributed by atoms with E-state index in [1.54, 1.807) is 26.2 Å². The lowest BCUT2D eigenvalue weighted by Crippen LogP contribution is -2.33. The minimum absolute atomic E-state index is 0.0321. The number of methoxy groups -OCH3 is 1. The van der Waals surface area contributed by atoms with Crippen molar-refractivity contribution in [2.75, 3.05) is 30.3 Å². The van der Waals surface area contributed by atoms with Crippen LogP contribution in [-0.4, -0.2) is 39.5 Å². The molecular formula is C12H19NO4S. The van der Waals surface area contributed by atoms with Gasteiger partial charge in [-0.3, -0.25) is 4.31 Å². The number of nitrogens with zero attached hydrogens (tertiary/aromatic N) is 1. The average Bonchev–Trinajstić information content (AvgIpc) is 2.29. The number of hydrogen-bond acceptors (Lipinski definition) is 4. The number of sulfonamides is 1. The molecule has 0 aliphatic heterocycles. The molecule has 0 saturated heterocycles. The van der Waals surface area contributed by atoms with Gasteiger partial charge in [0.25, 0.3) is 0 Å². The number of benzene rings is 1. The molecule has 1 N–H and O–H groups in total. The van der Waals surface area contributed by atoms with Crippen molar-refractivity contribution in [2.45, 2.75) is 13.3 Å². The molecule has 6 heteroatoms. The second-order valence-electron chi connectivity index (χ2n) is 3.85. The van der Waals surface area contributed by atoms with Crippen LogP contribution in [0.1, 0.15) is 13.3 Å². The zero-order chi connectivity index (χ0) is 13.6. The maximum absolute atomic E-state index is 12.1. The molecule has 1 aromatic carbocycles. The van der Waals surface area contributed by atoms with Crippen LogP contribution >= 0.6 is 0 Å². The second kappa shape index (κ2) is 6.61. The van der Waals surface area contributed by atoms with E-state index < -0.39 is 10.0 Å². The molecular weight excluding hydrogens is 254 g/mol. The minimum Gasteiger partial charge on any atom is -0.508 e. The SMILES string of the molecule is CCN(c1cccc(O)c1)S(=O)(=O)CCCOC. The van der Waals surface area contributed by atoms with Gasteiger partial charge in [0.15, 0.2) is 0 Å². The highest BCUT2D eigenvalue weighted by Gasteiger charge is 2.20. The summed E-state index contributed by atoms with van der Waals surface area (Å²) in [5.41, 5.74) is 0.481. The second-order valence-corrected chi connectivity index (χ2v) is 5.86. The molecule has 0 spiro atoms. The predicted octanol–water partition coefficient (Wildman–Crippen LogP) is 1.58. The van der Waals surface area contributed by atoms with Crippen LogP contribution in [0.25, 0.3) is 0 Å². The van der Waals surface area contributed by atoms with Crippen molar-refractivity contribution in [1.82, 2.24) is 0 Å². The third-order valence-corrected chi connectivity index (χ3v) is 4.44. The van der Waals surface area contributed by atoms with Gasteiger partial charge in [0.1, 0.15) is 5.75 Å². The molecule has 1 aromatic rings. The first-order valence-corrected chi connectivity index (χ1v) is 7.40. The van der Waals surface area contributed by atoms with E-state index in [4.69, 9.17) is 4.74 Å². The lowest BCUT2D eigenvalue weighted by Gasteiger charge is -2.22. The van der Waals surface area contributed by atoms with Gasteiger partial charge in [-0.05, 0) is 25.5 Å². The molecule has 0 bridgehead atoms. The molecule has 0 heterocycles. The van der Waals surface area contributed by atoms with Crippen LogP contribution in [0, 0.1) is 0 Å². The van der Waals surface area contributed by atoms with Crippen molar-refractivity contribution in [3.63, 3.8) is 0 Å². The number of rotatable bonds is 7. The first kappa shape index (κ1) is 14.8. The molecule has 0 saturated carbocycles. The quantitative estimate of drug-likeness (QED) is 0.766. The van der Waals surface area contributed by atoms with Crippen molar-refractivity contribution < 1.29 is 18.3 Å². The van der Waals surface area contributed by atoms with Gasteiger partial charge in [-0.15, -0.1) is 0 Å². The predicted molar refractivity (Wildman–Crippen MR) is 71.4 cm³/mol. The lowest BCUT2D eigenvalue weighted by molar-refractivity contribution is 0.199. The maximum atomic E-state index is 12.1. The van der Waals surface area contributed by atoms with E-state index in [2.05, 4.69) is 0 Å². The summed E-state index contributed by atoms with van der Waals surface area (Å²) in [7, 11) is -1.83. The van der Waals surface area contributed by atoms with Crippen LogP contribution in [0.4, 0.5) is 5.69 Å². The highest BCUT2D eigenvalue weighted by molar-refractivity contribution is 7.92. The monoisotopic (exact) mass is 273 g/mol. The van der Waals surface area contributed by atoms with Crippen LogP contribution < -0.4 is 4.31 Å². The van der Waals surface area contributed by atoms with Gasteiger partial charge in [0.05, 0.1) is 11.4 Å². The van der Waals surface area contributed by atoms with Crippen LogP contribution in [-0.2, 0) is 14.8 Å². The summed E-state index contributed by atoms with van der Waals surface area (Å²) in [5, 5.41) is 9.40. The van der Waals surface area contributed by atoms with Gasteiger partial charge in [-0.1, -0.05) is 6.07 Å². The van der Waals surface area contributed by atoms with E-state index in [9.17, 15) is 13.5 Å². The summed E-state index contributed by atoms with van der Waals surface area (Å²) in [6.45, 7) is 2.51. The Morgan fingerprint density at radius 3 is 2.67 bits per heavy atom. The summed E-state index contributed by atoms with van der Waals surface area (Å²) < 4.78 is 30.4. The first-order valence-electron chi connectivity index (χ1n) is 5.79. The largest absolute Gasteiger partial charge is 0.508 e. The highest BCUT2D eigenvalue weighted by Crippen LogP contribution is 2.22. The van der Waals surface area contributed by atoms with Gasteiger partial charge >= 0.3 is 0 Å². The summed E-state index contributed by atoms with van der Waals surface area (Å²) in [6, 6.07) is 6.24. The summed E-state index contributed by atoms with van der Waals surface area (Å²) in [5.74, 6) is 0.0858. The molecule has 0 aliphatic carbocycles. The number of phenols is 1. The normalized spacial score (nSPS) is 11.4. The Kier molecular flexibility index (Phi) is 5.43. The van der Waals surface area contributed by atoms with Crippen LogP contribution in [0.5, 0.6) is 5.75 Å². The van der Waals surface area contributed by atoms with E-state index in [0.29, 0.717) is 25.3 Å².